The number of halogens is 2. The number of fused-ring (bicyclic) bond motifs is 1. The molecular formula is C16H23F2OP. The summed E-state index contributed by atoms with van der Waals surface area (Å²) in [6.45, 7) is 4.54. The van der Waals surface area contributed by atoms with Crippen LogP contribution in [0.5, 0.6) is 0 Å². The van der Waals surface area contributed by atoms with E-state index in [2.05, 4.69) is 23.1 Å². The van der Waals surface area contributed by atoms with Crippen molar-refractivity contribution >= 4 is 14.5 Å². The van der Waals surface area contributed by atoms with Gasteiger partial charge in [0.1, 0.15) is 11.6 Å². The summed E-state index contributed by atoms with van der Waals surface area (Å²) in [4.78, 5) is 0. The van der Waals surface area contributed by atoms with Gasteiger partial charge in [-0.25, -0.2) is 8.78 Å². The van der Waals surface area contributed by atoms with Crippen molar-refractivity contribution in [3.8, 4) is 0 Å². The van der Waals surface area contributed by atoms with E-state index in [0.717, 1.165) is 38.5 Å². The third kappa shape index (κ3) is 2.76. The molecular weight excluding hydrogens is 277 g/mol. The predicted octanol–water partition coefficient (Wildman–Crippen LogP) is 4.57. The minimum absolute atomic E-state index is 0.0326. The van der Waals surface area contributed by atoms with E-state index in [-0.39, 0.29) is 5.30 Å². The first-order valence-electron chi connectivity index (χ1n) is 7.46. The van der Waals surface area contributed by atoms with Crippen molar-refractivity contribution in [3.05, 3.63) is 28.8 Å². The molecule has 20 heavy (non-hydrogen) atoms. The largest absolute Gasteiger partial charge is 0.365 e. The Morgan fingerprint density at radius 1 is 1.20 bits per heavy atom. The van der Waals surface area contributed by atoms with Crippen molar-refractivity contribution in [1.82, 2.24) is 0 Å². The molecule has 2 unspecified atom stereocenters. The molecule has 2 atom stereocenters. The molecule has 0 N–H and O–H groups in total. The Morgan fingerprint density at radius 2 is 1.95 bits per heavy atom. The minimum atomic E-state index is -0.553. The van der Waals surface area contributed by atoms with E-state index < -0.39 is 17.2 Å². The van der Waals surface area contributed by atoms with Crippen LogP contribution < -0.4 is 5.30 Å². The van der Waals surface area contributed by atoms with Gasteiger partial charge in [0.25, 0.3) is 0 Å². The average Bonchev–Trinajstić information content (AvgIpc) is 2.76. The lowest BCUT2D eigenvalue weighted by Crippen LogP contribution is -2.28. The molecule has 2 rings (SSSR count). The molecule has 1 aliphatic rings. The lowest BCUT2D eigenvalue weighted by atomic mass is 9.83. The quantitative estimate of drug-likeness (QED) is 0.552. The monoisotopic (exact) mass is 300 g/mol. The highest BCUT2D eigenvalue weighted by Crippen LogP contribution is 2.45. The van der Waals surface area contributed by atoms with Crippen molar-refractivity contribution in [2.45, 2.75) is 64.6 Å². The Morgan fingerprint density at radius 3 is 2.60 bits per heavy atom. The zero-order valence-electron chi connectivity index (χ0n) is 12.3. The highest BCUT2D eigenvalue weighted by Gasteiger charge is 2.42. The van der Waals surface area contributed by atoms with Crippen LogP contribution in [-0.4, -0.2) is 0 Å². The standard InChI is InChI=1S/C16H23F2OP/c1-3-5-6-8-16(7-4-2)13-11(10-19-16)9-12(17)15(20)14(13)18/h9H,3-8,10,20H2,1-2H3. The van der Waals surface area contributed by atoms with E-state index in [9.17, 15) is 8.78 Å². The lowest BCUT2D eigenvalue weighted by molar-refractivity contribution is -0.0544. The van der Waals surface area contributed by atoms with E-state index in [1.807, 2.05) is 0 Å². The van der Waals surface area contributed by atoms with Gasteiger partial charge in [0.05, 0.1) is 12.2 Å². The van der Waals surface area contributed by atoms with E-state index in [1.165, 1.54) is 6.07 Å². The zero-order valence-corrected chi connectivity index (χ0v) is 13.4. The second-order valence-corrected chi connectivity index (χ2v) is 6.19. The first-order valence-corrected chi connectivity index (χ1v) is 8.04. The number of unbranched alkanes of at least 4 members (excludes halogenated alkanes) is 2. The van der Waals surface area contributed by atoms with Gasteiger partial charge in [-0.3, -0.25) is 0 Å². The summed E-state index contributed by atoms with van der Waals surface area (Å²) in [5.74, 6) is -0.942. The maximum Gasteiger partial charge on any atom is 0.139 e. The van der Waals surface area contributed by atoms with E-state index in [1.54, 1.807) is 0 Å². The topological polar surface area (TPSA) is 9.23 Å². The molecule has 0 aromatic heterocycles. The zero-order chi connectivity index (χ0) is 14.8. The fourth-order valence-corrected chi connectivity index (χ4v) is 3.39. The number of hydrogen-bond acceptors (Lipinski definition) is 1. The van der Waals surface area contributed by atoms with Crippen molar-refractivity contribution < 1.29 is 13.5 Å². The van der Waals surface area contributed by atoms with Crippen molar-refractivity contribution in [2.75, 3.05) is 0 Å². The summed E-state index contributed by atoms with van der Waals surface area (Å²) in [6, 6.07) is 1.43. The third-order valence-corrected chi connectivity index (χ3v) is 4.66. The molecule has 1 aromatic rings. The Bertz CT molecular complexity index is 490. The maximum absolute atomic E-state index is 14.6. The lowest BCUT2D eigenvalue weighted by Gasteiger charge is -2.30. The van der Waals surface area contributed by atoms with Gasteiger partial charge in [-0.2, -0.15) is 0 Å². The summed E-state index contributed by atoms with van der Waals surface area (Å²) >= 11 is 0. The van der Waals surface area contributed by atoms with Gasteiger partial charge in [-0.15, -0.1) is 0 Å². The molecule has 0 saturated carbocycles. The van der Waals surface area contributed by atoms with Gasteiger partial charge in [0, 0.05) is 10.9 Å². The molecule has 0 saturated heterocycles. The van der Waals surface area contributed by atoms with Crippen molar-refractivity contribution in [3.63, 3.8) is 0 Å². The molecule has 1 heterocycles. The van der Waals surface area contributed by atoms with Gasteiger partial charge in [-0.1, -0.05) is 48.8 Å². The Balaban J connectivity index is 2.41. The molecule has 0 spiro atoms. The summed E-state index contributed by atoms with van der Waals surface area (Å²) < 4.78 is 34.2. The fourth-order valence-electron chi connectivity index (χ4n) is 3.16. The normalized spacial score (nSPS) is 21.2. The molecule has 4 heteroatoms. The van der Waals surface area contributed by atoms with E-state index >= 15 is 0 Å². The summed E-state index contributed by atoms with van der Waals surface area (Å²) in [5, 5.41) is 0.0326. The minimum Gasteiger partial charge on any atom is -0.365 e. The second-order valence-electron chi connectivity index (χ2n) is 5.61. The SMILES string of the molecule is CCCCCC1(CCC)OCc2cc(F)c(P)c(F)c21. The highest BCUT2D eigenvalue weighted by molar-refractivity contribution is 7.27. The molecule has 0 amide bonds. The van der Waals surface area contributed by atoms with Gasteiger partial charge < -0.3 is 4.74 Å². The molecule has 112 valence electrons. The third-order valence-electron chi connectivity index (χ3n) is 4.13. The maximum atomic E-state index is 14.6. The second kappa shape index (κ2) is 6.49. The van der Waals surface area contributed by atoms with Crippen LogP contribution in [0.2, 0.25) is 0 Å². The average molecular weight is 300 g/mol. The van der Waals surface area contributed by atoms with Crippen LogP contribution in [0.15, 0.2) is 6.07 Å². The number of ether oxygens (including phenoxy) is 1. The fraction of sp³-hybridized carbons (Fsp3) is 0.625. The number of benzene rings is 1. The molecule has 0 bridgehead atoms. The first kappa shape index (κ1) is 15.9. The van der Waals surface area contributed by atoms with Crippen LogP contribution in [0, 0.1) is 11.6 Å². The molecule has 0 radical (unpaired) electrons. The summed E-state index contributed by atoms with van der Waals surface area (Å²) in [5.41, 5.74) is 0.723. The predicted molar refractivity (Wildman–Crippen MR) is 81.2 cm³/mol. The first-order chi connectivity index (χ1) is 9.55. The molecule has 1 aromatic carbocycles. The van der Waals surface area contributed by atoms with Crippen LogP contribution in [0.4, 0.5) is 8.78 Å². The van der Waals surface area contributed by atoms with Crippen LogP contribution in [0.25, 0.3) is 0 Å². The molecule has 0 aliphatic carbocycles. The Kier molecular flexibility index (Phi) is 5.14. The Hall–Kier alpha value is -0.530. The van der Waals surface area contributed by atoms with Crippen LogP contribution in [0.3, 0.4) is 0 Å². The number of hydrogen-bond donors (Lipinski definition) is 0. The molecule has 1 aliphatic heterocycles. The van der Waals surface area contributed by atoms with E-state index in [4.69, 9.17) is 4.74 Å². The highest BCUT2D eigenvalue weighted by atomic mass is 31.0. The van der Waals surface area contributed by atoms with Crippen LogP contribution in [-0.2, 0) is 16.9 Å². The molecule has 1 nitrogen and oxygen atoms in total. The van der Waals surface area contributed by atoms with Crippen molar-refractivity contribution in [2.24, 2.45) is 0 Å². The van der Waals surface area contributed by atoms with Crippen LogP contribution >= 0.6 is 9.24 Å². The van der Waals surface area contributed by atoms with Gasteiger partial charge in [0.2, 0.25) is 0 Å². The van der Waals surface area contributed by atoms with E-state index in [0.29, 0.717) is 17.7 Å². The summed E-state index contributed by atoms with van der Waals surface area (Å²) in [7, 11) is 2.18. The smallest absolute Gasteiger partial charge is 0.139 e. The van der Waals surface area contributed by atoms with Gasteiger partial charge >= 0.3 is 0 Å². The van der Waals surface area contributed by atoms with Gasteiger partial charge in [-0.05, 0) is 24.5 Å². The van der Waals surface area contributed by atoms with Crippen molar-refractivity contribution in [1.29, 1.82) is 0 Å². The van der Waals surface area contributed by atoms with Gasteiger partial charge in [0.15, 0.2) is 0 Å². The molecule has 0 fully saturated rings. The Labute approximate surface area is 122 Å². The van der Waals surface area contributed by atoms with Crippen LogP contribution in [0.1, 0.15) is 63.5 Å². The summed E-state index contributed by atoms with van der Waals surface area (Å²) in [6.07, 6.45) is 5.77. The number of rotatable bonds is 6.